The van der Waals surface area contributed by atoms with E-state index in [9.17, 15) is 18.0 Å². The molecule has 30 heavy (non-hydrogen) atoms. The molecule has 1 amide bonds. The van der Waals surface area contributed by atoms with Crippen molar-refractivity contribution in [3.63, 3.8) is 0 Å². The van der Waals surface area contributed by atoms with Crippen molar-refractivity contribution < 1.29 is 18.0 Å². The highest BCUT2D eigenvalue weighted by molar-refractivity contribution is 7.71. The van der Waals surface area contributed by atoms with Crippen molar-refractivity contribution in [1.29, 1.82) is 0 Å². The molecule has 1 N–H and O–H groups in total. The van der Waals surface area contributed by atoms with Gasteiger partial charge in [0.15, 0.2) is 10.6 Å². The normalized spacial score (nSPS) is 11.5. The Labute approximate surface area is 177 Å². The van der Waals surface area contributed by atoms with Gasteiger partial charge >= 0.3 is 6.18 Å². The van der Waals surface area contributed by atoms with Crippen LogP contribution in [-0.2, 0) is 24.1 Å². The number of hydrogen-bond acceptors (Lipinski definition) is 3. The van der Waals surface area contributed by atoms with Crippen molar-refractivity contribution in [2.45, 2.75) is 32.6 Å². The Morgan fingerprint density at radius 3 is 2.53 bits per heavy atom. The van der Waals surface area contributed by atoms with Crippen molar-refractivity contribution in [3.8, 4) is 11.4 Å². The lowest BCUT2D eigenvalue weighted by molar-refractivity contribution is -0.137. The second-order valence-corrected chi connectivity index (χ2v) is 7.45. The molecule has 1 heterocycles. The van der Waals surface area contributed by atoms with Crippen molar-refractivity contribution in [1.82, 2.24) is 19.7 Å². The van der Waals surface area contributed by atoms with E-state index in [1.165, 1.54) is 17.0 Å². The maximum atomic E-state index is 12.7. The standard InChI is InChI=1S/C21H21F3N4OS/c1-14-4-3-5-16(12-14)19-25-26-20(30)28(19)11-10-18(29)27(2)13-15-6-8-17(9-7-15)21(22,23)24/h3-9,12H,10-11,13H2,1-2H3,(H,26,30). The topological polar surface area (TPSA) is 53.9 Å². The van der Waals surface area contributed by atoms with E-state index in [0.29, 0.717) is 22.7 Å². The van der Waals surface area contributed by atoms with E-state index < -0.39 is 11.7 Å². The molecule has 0 saturated carbocycles. The first-order valence-electron chi connectivity index (χ1n) is 9.27. The van der Waals surface area contributed by atoms with Gasteiger partial charge in [-0.25, -0.2) is 0 Å². The number of aryl methyl sites for hydroxylation is 1. The molecule has 1 aromatic heterocycles. The lowest BCUT2D eigenvalue weighted by atomic mass is 10.1. The Morgan fingerprint density at radius 2 is 1.90 bits per heavy atom. The molecule has 2 aromatic carbocycles. The molecule has 3 rings (SSSR count). The van der Waals surface area contributed by atoms with Crippen LogP contribution >= 0.6 is 12.2 Å². The molecule has 0 saturated heterocycles. The largest absolute Gasteiger partial charge is 0.416 e. The minimum atomic E-state index is -4.38. The Bertz CT molecular complexity index is 1090. The highest BCUT2D eigenvalue weighted by Gasteiger charge is 2.30. The van der Waals surface area contributed by atoms with Crippen molar-refractivity contribution in [3.05, 3.63) is 70.0 Å². The molecule has 0 unspecified atom stereocenters. The molecule has 5 nitrogen and oxygen atoms in total. The number of hydrogen-bond donors (Lipinski definition) is 1. The van der Waals surface area contributed by atoms with Crippen molar-refractivity contribution >= 4 is 18.1 Å². The Kier molecular flexibility index (Phi) is 6.40. The number of rotatable bonds is 6. The number of alkyl halides is 3. The summed E-state index contributed by atoms with van der Waals surface area (Å²) in [6.07, 6.45) is -4.19. The zero-order valence-electron chi connectivity index (χ0n) is 16.5. The van der Waals surface area contributed by atoms with Gasteiger partial charge in [0.05, 0.1) is 5.56 Å². The maximum Gasteiger partial charge on any atom is 0.416 e. The van der Waals surface area contributed by atoms with Crippen LogP contribution < -0.4 is 0 Å². The maximum absolute atomic E-state index is 12.7. The van der Waals surface area contributed by atoms with Gasteiger partial charge in [0, 0.05) is 32.1 Å². The number of aromatic amines is 1. The van der Waals surface area contributed by atoms with Gasteiger partial charge in [-0.15, -0.1) is 0 Å². The molecule has 9 heteroatoms. The smallest absolute Gasteiger partial charge is 0.341 e. The number of H-pyrrole nitrogens is 1. The van der Waals surface area contributed by atoms with Gasteiger partial charge < -0.3 is 4.90 Å². The molecule has 0 aliphatic heterocycles. The average Bonchev–Trinajstić information content (AvgIpc) is 3.06. The van der Waals surface area contributed by atoms with Crippen LogP contribution in [0, 0.1) is 11.7 Å². The highest BCUT2D eigenvalue weighted by Crippen LogP contribution is 2.29. The van der Waals surface area contributed by atoms with Crippen LogP contribution in [0.5, 0.6) is 0 Å². The van der Waals surface area contributed by atoms with E-state index in [1.807, 2.05) is 31.2 Å². The molecule has 0 aliphatic carbocycles. The van der Waals surface area contributed by atoms with E-state index in [2.05, 4.69) is 10.2 Å². The molecular weight excluding hydrogens is 413 g/mol. The SMILES string of the molecule is Cc1cccc(-c2n[nH]c(=S)n2CCC(=O)N(C)Cc2ccc(C(F)(F)F)cc2)c1. The molecule has 0 spiro atoms. The fraction of sp³-hybridized carbons (Fsp3) is 0.286. The number of halogens is 3. The summed E-state index contributed by atoms with van der Waals surface area (Å²) in [4.78, 5) is 14.0. The van der Waals surface area contributed by atoms with E-state index in [0.717, 1.165) is 23.3 Å². The van der Waals surface area contributed by atoms with Gasteiger partial charge in [-0.3, -0.25) is 14.5 Å². The number of amides is 1. The fourth-order valence-corrected chi connectivity index (χ4v) is 3.31. The molecule has 158 valence electrons. The zero-order valence-corrected chi connectivity index (χ0v) is 17.3. The quantitative estimate of drug-likeness (QED) is 0.557. The summed E-state index contributed by atoms with van der Waals surface area (Å²) in [7, 11) is 1.62. The summed E-state index contributed by atoms with van der Waals surface area (Å²) in [6, 6.07) is 12.6. The van der Waals surface area contributed by atoms with Crippen LogP contribution in [0.1, 0.15) is 23.1 Å². The lowest BCUT2D eigenvalue weighted by Gasteiger charge is -2.18. The molecule has 0 fully saturated rings. The summed E-state index contributed by atoms with van der Waals surface area (Å²) in [5.41, 5.74) is 1.89. The first kappa shape index (κ1) is 21.8. The summed E-state index contributed by atoms with van der Waals surface area (Å²) < 4.78 is 40.2. The predicted octanol–water partition coefficient (Wildman–Crippen LogP) is 4.98. The summed E-state index contributed by atoms with van der Waals surface area (Å²) in [5, 5.41) is 7.04. The number of benzene rings is 2. The number of aromatic nitrogens is 3. The first-order valence-corrected chi connectivity index (χ1v) is 9.68. The Balaban J connectivity index is 1.65. The molecule has 0 radical (unpaired) electrons. The third kappa shape index (κ3) is 5.15. The van der Waals surface area contributed by atoms with Crippen LogP contribution in [0.4, 0.5) is 13.2 Å². The van der Waals surface area contributed by atoms with E-state index >= 15 is 0 Å². The van der Waals surface area contributed by atoms with Gasteiger partial charge in [-0.05, 0) is 42.9 Å². The zero-order chi connectivity index (χ0) is 21.9. The number of carbonyl (C=O) groups excluding carboxylic acids is 1. The monoisotopic (exact) mass is 434 g/mol. The minimum Gasteiger partial charge on any atom is -0.341 e. The molecule has 0 bridgehead atoms. The first-order chi connectivity index (χ1) is 14.1. The molecule has 0 aliphatic rings. The molecule has 0 atom stereocenters. The molecule has 3 aromatic rings. The van der Waals surface area contributed by atoms with Gasteiger partial charge in [-0.2, -0.15) is 18.3 Å². The third-order valence-electron chi connectivity index (χ3n) is 4.71. The van der Waals surface area contributed by atoms with Crippen molar-refractivity contribution in [2.24, 2.45) is 0 Å². The number of nitrogens with one attached hydrogen (secondary N) is 1. The van der Waals surface area contributed by atoms with Gasteiger partial charge in [-0.1, -0.05) is 35.9 Å². The van der Waals surface area contributed by atoms with Crippen LogP contribution in [0.3, 0.4) is 0 Å². The summed E-state index contributed by atoms with van der Waals surface area (Å²) in [6.45, 7) is 2.54. The second-order valence-electron chi connectivity index (χ2n) is 7.07. The number of nitrogens with zero attached hydrogens (tertiary/aromatic N) is 3. The van der Waals surface area contributed by atoms with E-state index in [1.54, 1.807) is 11.6 Å². The van der Waals surface area contributed by atoms with Crippen LogP contribution in [0.15, 0.2) is 48.5 Å². The minimum absolute atomic E-state index is 0.145. The number of carbonyl (C=O) groups is 1. The van der Waals surface area contributed by atoms with Crippen LogP contribution in [0.2, 0.25) is 0 Å². The average molecular weight is 434 g/mol. The van der Waals surface area contributed by atoms with Gasteiger partial charge in [0.1, 0.15) is 0 Å². The van der Waals surface area contributed by atoms with E-state index in [-0.39, 0.29) is 18.9 Å². The summed E-state index contributed by atoms with van der Waals surface area (Å²) >= 11 is 5.30. The van der Waals surface area contributed by atoms with Gasteiger partial charge in [0.25, 0.3) is 0 Å². The second kappa shape index (κ2) is 8.83. The third-order valence-corrected chi connectivity index (χ3v) is 5.02. The molecular formula is C21H21F3N4OS. The highest BCUT2D eigenvalue weighted by atomic mass is 32.1. The predicted molar refractivity (Wildman–Crippen MR) is 110 cm³/mol. The summed E-state index contributed by atoms with van der Waals surface area (Å²) in [5.74, 6) is 0.509. The Hall–Kier alpha value is -2.94. The van der Waals surface area contributed by atoms with Crippen LogP contribution in [-0.4, -0.2) is 32.6 Å². The van der Waals surface area contributed by atoms with Crippen molar-refractivity contribution in [2.75, 3.05) is 7.05 Å². The lowest BCUT2D eigenvalue weighted by Crippen LogP contribution is -2.27. The van der Waals surface area contributed by atoms with Crippen LogP contribution in [0.25, 0.3) is 11.4 Å². The fourth-order valence-electron chi connectivity index (χ4n) is 3.09. The van der Waals surface area contributed by atoms with E-state index in [4.69, 9.17) is 12.2 Å². The Morgan fingerprint density at radius 1 is 1.20 bits per heavy atom. The van der Waals surface area contributed by atoms with Gasteiger partial charge in [0.2, 0.25) is 5.91 Å².